The minimum absolute atomic E-state index is 0.0361. The van der Waals surface area contributed by atoms with Crippen LogP contribution in [0.2, 0.25) is 0 Å². The normalized spacial score (nSPS) is 16.1. The van der Waals surface area contributed by atoms with E-state index in [1.165, 1.54) is 7.11 Å². The van der Waals surface area contributed by atoms with Crippen molar-refractivity contribution in [1.29, 1.82) is 0 Å². The first-order chi connectivity index (χ1) is 26.9. The lowest BCUT2D eigenvalue weighted by Crippen LogP contribution is -2.50. The van der Waals surface area contributed by atoms with E-state index in [-0.39, 0.29) is 79.1 Å². The summed E-state index contributed by atoms with van der Waals surface area (Å²) in [6.45, 7) is 14.0. The number of rotatable bonds is 26. The Balaban J connectivity index is 1.57. The number of fused-ring (bicyclic) bond motifs is 3. The number of alkyl halides is 1. The number of carbonyl (C=O) groups excluding carboxylic acids is 6. The molecule has 6 atom stereocenters. The molecule has 2 aromatic rings. The highest BCUT2D eigenvalue weighted by Gasteiger charge is 2.34. The quantitative estimate of drug-likeness (QED) is 0.0117. The van der Waals surface area contributed by atoms with Crippen LogP contribution < -0.4 is 36.4 Å². The van der Waals surface area contributed by atoms with Crippen molar-refractivity contribution in [1.82, 2.24) is 31.8 Å². The number of H-pyrrole nitrogens is 1. The summed E-state index contributed by atoms with van der Waals surface area (Å²) in [6, 6.07) is -0.577. The van der Waals surface area contributed by atoms with Gasteiger partial charge in [0.2, 0.25) is 0 Å². The second-order valence-electron chi connectivity index (χ2n) is 15.7. The molecule has 0 amide bonds. The van der Waals surface area contributed by atoms with Gasteiger partial charge in [-0.1, -0.05) is 27.7 Å². The third-order valence-electron chi connectivity index (χ3n) is 10.1. The molecule has 1 aliphatic rings. The number of methoxy groups -OCH3 is 1. The highest BCUT2D eigenvalue weighted by atomic mass is 35.5. The van der Waals surface area contributed by atoms with Crippen LogP contribution in [0.1, 0.15) is 101 Å². The second kappa shape index (κ2) is 22.7. The molecular weight excluding hydrogens is 773 g/mol. The number of aryl methyl sites for hydroxylation is 1. The van der Waals surface area contributed by atoms with Crippen LogP contribution in [-0.2, 0) is 28.7 Å². The maximum atomic E-state index is 13.4. The summed E-state index contributed by atoms with van der Waals surface area (Å²) >= 11 is 6.34. The second-order valence-corrected chi connectivity index (χ2v) is 16.4. The summed E-state index contributed by atoms with van der Waals surface area (Å²) in [4.78, 5) is 83.2. The Bertz CT molecular complexity index is 1750. The number of aromatic amines is 1. The molecule has 2 heterocycles. The maximum absolute atomic E-state index is 13.4. The molecule has 0 fully saturated rings. The highest BCUT2D eigenvalue weighted by Crippen LogP contribution is 2.46. The molecule has 318 valence electrons. The molecule has 0 radical (unpaired) electrons. The molecule has 0 saturated heterocycles. The lowest BCUT2D eigenvalue weighted by molar-refractivity contribution is -0.134. The Morgan fingerprint density at radius 2 is 1.51 bits per heavy atom. The summed E-state index contributed by atoms with van der Waals surface area (Å²) in [7, 11) is 5.73. The Morgan fingerprint density at radius 1 is 0.912 bits per heavy atom. The van der Waals surface area contributed by atoms with Gasteiger partial charge in [0.05, 0.1) is 61.6 Å². The van der Waals surface area contributed by atoms with Crippen LogP contribution in [0.25, 0.3) is 10.9 Å². The third-order valence-corrected chi connectivity index (χ3v) is 10.7. The van der Waals surface area contributed by atoms with Crippen LogP contribution in [0.3, 0.4) is 0 Å². The van der Waals surface area contributed by atoms with E-state index in [4.69, 9.17) is 21.1 Å². The van der Waals surface area contributed by atoms with E-state index in [9.17, 15) is 28.8 Å². The van der Waals surface area contributed by atoms with Gasteiger partial charge in [-0.05, 0) is 51.0 Å². The van der Waals surface area contributed by atoms with Gasteiger partial charge >= 0.3 is 11.9 Å². The van der Waals surface area contributed by atoms with Crippen LogP contribution in [0, 0.1) is 18.8 Å². The molecule has 2 unspecified atom stereocenters. The SMILES string of the molecule is COC(=O)c1c(C)[nH]c2c(OC(=O)CCNN[C@@H](CC(C)C)C(=O)CC(=O)[C@H](C)NCN[C@@H](CC(C)C)C(=O)CC(=O)[C@H](C)NCP)cc3c(c12)C(CCl)CN3C. The molecule has 1 aromatic carbocycles. The minimum atomic E-state index is -0.690. The standard InChI is InChI=1S/C40H63ClN7O8P/c1-21(2)12-27(32(51)15-31(50)24(6)44-20-57)43-19-42-23(5)30(49)16-33(52)28(13-22(3)4)47-45-11-10-35(53)56-34-14-29-37(26(17-41)18-48(29)8)38-36(40(54)55-9)25(7)46-39(34)38/h14,21-24,26-28,42-47H,10-13,15-20,57H2,1-9H3/t23-,24-,26?,27-,28-/m0/s1. The number of ketones is 4. The van der Waals surface area contributed by atoms with Gasteiger partial charge in [-0.3, -0.25) is 40.0 Å². The number of nitrogens with zero attached hydrogens (tertiary/aromatic N) is 1. The number of carbonyl (C=O) groups is 6. The van der Waals surface area contributed by atoms with Gasteiger partial charge in [-0.25, -0.2) is 10.2 Å². The monoisotopic (exact) mass is 835 g/mol. The highest BCUT2D eigenvalue weighted by molar-refractivity contribution is 7.16. The first-order valence-corrected chi connectivity index (χ1v) is 21.0. The van der Waals surface area contributed by atoms with Crippen LogP contribution in [0.5, 0.6) is 5.75 Å². The molecular formula is C40H63ClN7O8P. The van der Waals surface area contributed by atoms with Crippen LogP contribution in [0.4, 0.5) is 5.69 Å². The molecule has 0 aliphatic carbocycles. The van der Waals surface area contributed by atoms with Gasteiger partial charge in [0.25, 0.3) is 0 Å². The number of aromatic nitrogens is 1. The Hall–Kier alpha value is -3.30. The van der Waals surface area contributed by atoms with Crippen molar-refractivity contribution in [2.24, 2.45) is 11.8 Å². The number of Topliss-reactive ketones (excluding diaryl/α,β-unsaturated/α-hetero) is 4. The number of hydrazine groups is 1. The summed E-state index contributed by atoms with van der Waals surface area (Å²) in [6.07, 6.45) is 0.969. The van der Waals surface area contributed by atoms with E-state index >= 15 is 0 Å². The first kappa shape index (κ1) is 48.1. The van der Waals surface area contributed by atoms with Crippen molar-refractivity contribution in [2.45, 2.75) is 111 Å². The number of hydrogen-bond acceptors (Lipinski definition) is 14. The molecule has 1 aliphatic heterocycles. The van der Waals surface area contributed by atoms with Crippen molar-refractivity contribution in [3.05, 3.63) is 22.9 Å². The first-order valence-electron chi connectivity index (χ1n) is 19.7. The van der Waals surface area contributed by atoms with Crippen LogP contribution >= 0.6 is 20.8 Å². The number of ether oxygens (including phenoxy) is 2. The number of hydrogen-bond donors (Lipinski definition) is 6. The summed E-state index contributed by atoms with van der Waals surface area (Å²) in [5.41, 5.74) is 9.15. The average Bonchev–Trinajstić information content (AvgIpc) is 3.66. The molecule has 17 heteroatoms. The lowest BCUT2D eigenvalue weighted by Gasteiger charge is -2.23. The van der Waals surface area contributed by atoms with E-state index in [0.717, 1.165) is 11.3 Å². The lowest BCUT2D eigenvalue weighted by atomic mass is 9.95. The number of halogens is 1. The van der Waals surface area contributed by atoms with Gasteiger partial charge in [0, 0.05) is 67.7 Å². The van der Waals surface area contributed by atoms with E-state index < -0.39 is 36.1 Å². The molecule has 15 nitrogen and oxygen atoms in total. The predicted molar refractivity (Wildman–Crippen MR) is 226 cm³/mol. The molecule has 3 rings (SSSR count). The molecule has 0 spiro atoms. The zero-order valence-electron chi connectivity index (χ0n) is 34.9. The van der Waals surface area contributed by atoms with Crippen molar-refractivity contribution in [2.75, 3.05) is 51.0 Å². The van der Waals surface area contributed by atoms with E-state index in [0.29, 0.717) is 53.7 Å². The van der Waals surface area contributed by atoms with Crippen LogP contribution in [0.15, 0.2) is 6.07 Å². The van der Waals surface area contributed by atoms with Crippen molar-refractivity contribution in [3.63, 3.8) is 0 Å². The fourth-order valence-electron chi connectivity index (χ4n) is 7.01. The van der Waals surface area contributed by atoms with Crippen LogP contribution in [-0.4, -0.2) is 110 Å². The summed E-state index contributed by atoms with van der Waals surface area (Å²) in [5, 5.41) is 9.84. The average molecular weight is 836 g/mol. The van der Waals surface area contributed by atoms with E-state index in [1.54, 1.807) is 26.8 Å². The van der Waals surface area contributed by atoms with Gasteiger partial charge < -0.3 is 24.7 Å². The van der Waals surface area contributed by atoms with Gasteiger partial charge in [0.15, 0.2) is 28.9 Å². The van der Waals surface area contributed by atoms with Gasteiger partial charge in [0.1, 0.15) is 0 Å². The Kier molecular flexibility index (Phi) is 19.2. The van der Waals surface area contributed by atoms with Crippen molar-refractivity contribution < 1.29 is 38.2 Å². The predicted octanol–water partition coefficient (Wildman–Crippen LogP) is 3.65. The van der Waals surface area contributed by atoms with Gasteiger partial charge in [-0.15, -0.1) is 20.8 Å². The van der Waals surface area contributed by atoms with E-state index in [1.807, 2.05) is 39.6 Å². The zero-order valence-corrected chi connectivity index (χ0v) is 36.8. The molecule has 0 bridgehead atoms. The number of likely N-dealkylation sites (N-methyl/N-ethyl adjacent to an activating group) is 1. The van der Waals surface area contributed by atoms with Crippen molar-refractivity contribution >= 4 is 72.5 Å². The van der Waals surface area contributed by atoms with Crippen molar-refractivity contribution in [3.8, 4) is 5.75 Å². The minimum Gasteiger partial charge on any atom is -0.465 e. The number of esters is 2. The van der Waals surface area contributed by atoms with E-state index in [2.05, 4.69) is 41.0 Å². The number of nitrogens with one attached hydrogen (secondary N) is 6. The molecule has 6 N–H and O–H groups in total. The zero-order chi connectivity index (χ0) is 42.6. The topological polar surface area (TPSA) is 200 Å². The molecule has 1 aromatic heterocycles. The maximum Gasteiger partial charge on any atom is 0.340 e. The Labute approximate surface area is 343 Å². The summed E-state index contributed by atoms with van der Waals surface area (Å²) < 4.78 is 10.9. The fraction of sp³-hybridized carbons (Fsp3) is 0.650. The number of benzene rings is 1. The smallest absolute Gasteiger partial charge is 0.340 e. The fourth-order valence-corrected chi connectivity index (χ4v) is 7.61. The largest absolute Gasteiger partial charge is 0.465 e. The molecule has 0 saturated carbocycles. The Morgan fingerprint density at radius 3 is 2.09 bits per heavy atom. The summed E-state index contributed by atoms with van der Waals surface area (Å²) in [5.74, 6) is -1.11. The van der Waals surface area contributed by atoms with Gasteiger partial charge in [-0.2, -0.15) is 0 Å². The number of anilines is 1. The molecule has 57 heavy (non-hydrogen) atoms. The third kappa shape index (κ3) is 13.4.